The smallest absolute Gasteiger partial charge is 0.223 e. The highest BCUT2D eigenvalue weighted by molar-refractivity contribution is 5.78. The van der Waals surface area contributed by atoms with Crippen LogP contribution in [-0.2, 0) is 9.53 Å². The lowest BCUT2D eigenvalue weighted by Gasteiger charge is -2.23. The van der Waals surface area contributed by atoms with Gasteiger partial charge < -0.3 is 14.7 Å². The van der Waals surface area contributed by atoms with Crippen LogP contribution in [0, 0.1) is 0 Å². The number of rotatable bonds is 3. The fraction of sp³-hybridized carbons (Fsp3) is 0.875. The van der Waals surface area contributed by atoms with Crippen molar-refractivity contribution in [2.75, 3.05) is 13.7 Å². The molecule has 1 saturated heterocycles. The highest BCUT2D eigenvalue weighted by atomic mass is 16.6. The molecule has 1 fully saturated rings. The first-order valence-corrected chi connectivity index (χ1v) is 4.15. The van der Waals surface area contributed by atoms with E-state index in [1.54, 1.807) is 4.90 Å². The maximum Gasteiger partial charge on any atom is 0.223 e. The second-order valence-electron chi connectivity index (χ2n) is 3.12. The molecule has 1 aliphatic heterocycles. The third-order valence-electron chi connectivity index (χ3n) is 2.25. The Morgan fingerprint density at radius 3 is 2.92 bits per heavy atom. The number of carbonyl (C=O) groups excluding carboxylic acids is 1. The number of amides is 1. The summed E-state index contributed by atoms with van der Waals surface area (Å²) in [5.74, 6) is 0.110. The van der Waals surface area contributed by atoms with E-state index in [1.807, 2.05) is 6.92 Å². The Labute approximate surface area is 72.1 Å². The Morgan fingerprint density at radius 1 is 1.83 bits per heavy atom. The maximum atomic E-state index is 11.2. The number of ether oxygens (including phenoxy) is 1. The summed E-state index contributed by atoms with van der Waals surface area (Å²) in [7, 11) is 1.43. The van der Waals surface area contributed by atoms with Crippen LogP contribution < -0.4 is 0 Å². The minimum absolute atomic E-state index is 0.110. The first kappa shape index (κ1) is 9.48. The largest absolute Gasteiger partial charge is 0.366 e. The zero-order valence-corrected chi connectivity index (χ0v) is 7.49. The summed E-state index contributed by atoms with van der Waals surface area (Å²) in [6.45, 7) is 2.27. The molecule has 1 N–H and O–H groups in total. The van der Waals surface area contributed by atoms with E-state index >= 15 is 0 Å². The number of methoxy groups -OCH3 is 1. The molecule has 0 aliphatic carbocycles. The topological polar surface area (TPSA) is 49.8 Å². The number of aliphatic hydroxyl groups excluding tert-OH is 1. The normalized spacial score (nSPS) is 26.4. The van der Waals surface area contributed by atoms with Crippen molar-refractivity contribution in [3.63, 3.8) is 0 Å². The summed E-state index contributed by atoms with van der Waals surface area (Å²) in [5, 5.41) is 9.14. The molecule has 12 heavy (non-hydrogen) atoms. The van der Waals surface area contributed by atoms with Gasteiger partial charge in [-0.15, -0.1) is 0 Å². The minimum Gasteiger partial charge on any atom is -0.366 e. The molecule has 4 nitrogen and oxygen atoms in total. The van der Waals surface area contributed by atoms with Gasteiger partial charge in [-0.3, -0.25) is 4.79 Å². The number of aliphatic hydroxyl groups is 1. The average molecular weight is 173 g/mol. The van der Waals surface area contributed by atoms with Gasteiger partial charge in [0.2, 0.25) is 5.91 Å². The highest BCUT2D eigenvalue weighted by Crippen LogP contribution is 2.17. The van der Waals surface area contributed by atoms with Crippen molar-refractivity contribution >= 4 is 5.91 Å². The summed E-state index contributed by atoms with van der Waals surface area (Å²) in [5.41, 5.74) is 0. The molecule has 70 valence electrons. The first-order chi connectivity index (χ1) is 5.65. The molecule has 0 aromatic rings. The van der Waals surface area contributed by atoms with Crippen LogP contribution in [0.5, 0.6) is 0 Å². The summed E-state index contributed by atoms with van der Waals surface area (Å²) in [6.07, 6.45) is 0.627. The van der Waals surface area contributed by atoms with Gasteiger partial charge in [0.25, 0.3) is 0 Å². The Hall–Kier alpha value is -0.610. The van der Waals surface area contributed by atoms with Crippen molar-refractivity contribution in [1.82, 2.24) is 4.90 Å². The van der Waals surface area contributed by atoms with Crippen LogP contribution in [0.25, 0.3) is 0 Å². The highest BCUT2D eigenvalue weighted by Gasteiger charge is 2.28. The van der Waals surface area contributed by atoms with E-state index in [1.165, 1.54) is 7.11 Å². The second-order valence-corrected chi connectivity index (χ2v) is 3.12. The molecule has 2 atom stereocenters. The number of β-amino-alcohol motifs (C(OH)–C–C–N with tert-alkyl or cyclic N) is 1. The van der Waals surface area contributed by atoms with Gasteiger partial charge >= 0.3 is 0 Å². The standard InChI is InChI=1S/C8H15NO3/c1-6-3-4-7(10)9(6)5-8(11)12-2/h6,8,11H,3-5H2,1-2H3/t6-,8?/m0/s1. The van der Waals surface area contributed by atoms with E-state index in [9.17, 15) is 4.79 Å². The zero-order valence-electron chi connectivity index (χ0n) is 7.49. The third-order valence-corrected chi connectivity index (χ3v) is 2.25. The lowest BCUT2D eigenvalue weighted by molar-refractivity contribution is -0.138. The zero-order chi connectivity index (χ0) is 9.14. The summed E-state index contributed by atoms with van der Waals surface area (Å²) >= 11 is 0. The first-order valence-electron chi connectivity index (χ1n) is 4.15. The van der Waals surface area contributed by atoms with E-state index in [0.29, 0.717) is 6.42 Å². The molecule has 0 saturated carbocycles. The molecule has 1 unspecified atom stereocenters. The van der Waals surface area contributed by atoms with Crippen molar-refractivity contribution < 1.29 is 14.6 Å². The molecule has 4 heteroatoms. The van der Waals surface area contributed by atoms with Crippen LogP contribution in [0.1, 0.15) is 19.8 Å². The van der Waals surface area contributed by atoms with Crippen molar-refractivity contribution in [2.45, 2.75) is 32.1 Å². The fourth-order valence-corrected chi connectivity index (χ4v) is 1.40. The third kappa shape index (κ3) is 1.95. The van der Waals surface area contributed by atoms with Crippen molar-refractivity contribution in [3.05, 3.63) is 0 Å². The minimum atomic E-state index is -0.852. The van der Waals surface area contributed by atoms with E-state index in [2.05, 4.69) is 4.74 Å². The van der Waals surface area contributed by atoms with Gasteiger partial charge in [0.05, 0.1) is 6.54 Å². The molecule has 1 rings (SSSR count). The monoisotopic (exact) mass is 173 g/mol. The van der Waals surface area contributed by atoms with Crippen LogP contribution in [-0.4, -0.2) is 41.9 Å². The summed E-state index contributed by atoms with van der Waals surface area (Å²) in [4.78, 5) is 12.9. The molecule has 0 aromatic carbocycles. The van der Waals surface area contributed by atoms with Gasteiger partial charge in [0.15, 0.2) is 6.29 Å². The Balaban J connectivity index is 2.44. The molecular formula is C8H15NO3. The predicted octanol–water partition coefficient (Wildman–Crippen LogP) is -0.0379. The molecular weight excluding hydrogens is 158 g/mol. The van der Waals surface area contributed by atoms with Crippen LogP contribution in [0.3, 0.4) is 0 Å². The lowest BCUT2D eigenvalue weighted by atomic mass is 10.2. The average Bonchev–Trinajstić information content (AvgIpc) is 2.35. The summed E-state index contributed by atoms with van der Waals surface area (Å²) < 4.78 is 4.67. The van der Waals surface area contributed by atoms with E-state index < -0.39 is 6.29 Å². The van der Waals surface area contributed by atoms with E-state index in [4.69, 9.17) is 5.11 Å². The molecule has 0 bridgehead atoms. The molecule has 0 aromatic heterocycles. The van der Waals surface area contributed by atoms with E-state index in [-0.39, 0.29) is 18.5 Å². The Kier molecular flexibility index (Phi) is 3.05. The SMILES string of the molecule is COC(O)CN1C(=O)CC[C@@H]1C. The fourth-order valence-electron chi connectivity index (χ4n) is 1.40. The van der Waals surface area contributed by atoms with E-state index in [0.717, 1.165) is 6.42 Å². The van der Waals surface area contributed by atoms with Gasteiger partial charge in [0.1, 0.15) is 0 Å². The van der Waals surface area contributed by atoms with Crippen molar-refractivity contribution in [3.8, 4) is 0 Å². The molecule has 1 amide bonds. The van der Waals surface area contributed by atoms with Crippen molar-refractivity contribution in [2.24, 2.45) is 0 Å². The van der Waals surface area contributed by atoms with Gasteiger partial charge in [-0.25, -0.2) is 0 Å². The Bertz CT molecular complexity index is 172. The second kappa shape index (κ2) is 3.87. The van der Waals surface area contributed by atoms with Crippen molar-refractivity contribution in [1.29, 1.82) is 0 Å². The molecule has 1 aliphatic rings. The van der Waals surface area contributed by atoms with Crippen LogP contribution in [0.15, 0.2) is 0 Å². The number of hydrogen-bond donors (Lipinski definition) is 1. The van der Waals surface area contributed by atoms with Crippen LogP contribution in [0.4, 0.5) is 0 Å². The Morgan fingerprint density at radius 2 is 2.50 bits per heavy atom. The van der Waals surface area contributed by atoms with Gasteiger partial charge in [-0.1, -0.05) is 0 Å². The quantitative estimate of drug-likeness (QED) is 0.609. The van der Waals surface area contributed by atoms with Crippen LogP contribution in [0.2, 0.25) is 0 Å². The number of carbonyl (C=O) groups is 1. The predicted molar refractivity (Wildman–Crippen MR) is 43.4 cm³/mol. The maximum absolute atomic E-state index is 11.2. The number of nitrogens with zero attached hydrogens (tertiary/aromatic N) is 1. The summed E-state index contributed by atoms with van der Waals surface area (Å²) in [6, 6.07) is 0.238. The molecule has 1 heterocycles. The van der Waals surface area contributed by atoms with Gasteiger partial charge in [-0.05, 0) is 13.3 Å². The van der Waals surface area contributed by atoms with Gasteiger partial charge in [-0.2, -0.15) is 0 Å². The van der Waals surface area contributed by atoms with Gasteiger partial charge in [0, 0.05) is 19.6 Å². The molecule has 0 spiro atoms. The lowest BCUT2D eigenvalue weighted by Crippen LogP contribution is -2.38. The van der Waals surface area contributed by atoms with Crippen LogP contribution >= 0.6 is 0 Å². The number of likely N-dealkylation sites (tertiary alicyclic amines) is 1. The molecule has 0 radical (unpaired) electrons. The number of hydrogen-bond acceptors (Lipinski definition) is 3.